The van der Waals surface area contributed by atoms with Gasteiger partial charge in [-0.05, 0) is 80.8 Å². The van der Waals surface area contributed by atoms with Gasteiger partial charge in [0, 0.05) is 24.5 Å². The molecule has 3 aromatic rings. The number of aliphatic hydroxyl groups is 1. The van der Waals surface area contributed by atoms with Crippen LogP contribution >= 0.6 is 0 Å². The number of phenols is 1. The fraction of sp³-hybridized carbons (Fsp3) is 0.276. The molecule has 2 heterocycles. The first-order valence-corrected chi connectivity index (χ1v) is 12.1. The van der Waals surface area contributed by atoms with Crippen molar-refractivity contribution >= 4 is 17.4 Å². The summed E-state index contributed by atoms with van der Waals surface area (Å²) in [7, 11) is 0. The number of carbonyl (C=O) groups excluding carboxylic acids is 2. The van der Waals surface area contributed by atoms with Crippen LogP contribution < -0.4 is 9.47 Å². The fourth-order valence-corrected chi connectivity index (χ4v) is 4.44. The zero-order chi connectivity index (χ0) is 26.7. The van der Waals surface area contributed by atoms with E-state index in [4.69, 9.17) is 9.47 Å². The summed E-state index contributed by atoms with van der Waals surface area (Å²) in [6.45, 7) is 7.84. The molecule has 1 aliphatic rings. The standard InChI is InChI=1S/C29H30N2O6/c1-5-36-24-14-20(8-11-23(24)32)26-25(27(33)22-10-9-21(13-18(22)4)37-17(2)3)28(34)29(35)31(26)16-19-7-6-12-30-15-19/h6-15,17,26,32-33H,5,16H2,1-4H3. The minimum absolute atomic E-state index is 0.0225. The first-order chi connectivity index (χ1) is 17.7. The van der Waals surface area contributed by atoms with Crippen molar-refractivity contribution < 1.29 is 29.3 Å². The van der Waals surface area contributed by atoms with Crippen molar-refractivity contribution in [2.75, 3.05) is 6.61 Å². The minimum Gasteiger partial charge on any atom is -0.507 e. The SMILES string of the molecule is CCOc1cc(C2C(=C(O)c3ccc(OC(C)C)cc3C)C(=O)C(=O)N2Cc2cccnc2)ccc1O. The number of carbonyl (C=O) groups is 2. The summed E-state index contributed by atoms with van der Waals surface area (Å²) < 4.78 is 11.3. The highest BCUT2D eigenvalue weighted by Gasteiger charge is 2.46. The van der Waals surface area contributed by atoms with Gasteiger partial charge < -0.3 is 24.6 Å². The van der Waals surface area contributed by atoms with Crippen molar-refractivity contribution in [1.29, 1.82) is 0 Å². The molecule has 0 saturated carbocycles. The lowest BCUT2D eigenvalue weighted by Crippen LogP contribution is -2.29. The van der Waals surface area contributed by atoms with Gasteiger partial charge >= 0.3 is 0 Å². The molecule has 0 radical (unpaired) electrons. The highest BCUT2D eigenvalue weighted by atomic mass is 16.5. The molecule has 0 spiro atoms. The Morgan fingerprint density at radius 2 is 1.92 bits per heavy atom. The molecule has 2 N–H and O–H groups in total. The van der Waals surface area contributed by atoms with Crippen molar-refractivity contribution in [2.24, 2.45) is 0 Å². The van der Waals surface area contributed by atoms with E-state index in [2.05, 4.69) is 4.98 Å². The Morgan fingerprint density at radius 1 is 1.14 bits per heavy atom. The molecule has 192 valence electrons. The molecule has 1 saturated heterocycles. The van der Waals surface area contributed by atoms with Crippen LogP contribution in [0.5, 0.6) is 17.2 Å². The number of aromatic hydroxyl groups is 1. The highest BCUT2D eigenvalue weighted by molar-refractivity contribution is 6.46. The van der Waals surface area contributed by atoms with E-state index in [9.17, 15) is 19.8 Å². The lowest BCUT2D eigenvalue weighted by atomic mass is 9.93. The van der Waals surface area contributed by atoms with Gasteiger partial charge in [-0.15, -0.1) is 0 Å². The van der Waals surface area contributed by atoms with E-state index in [1.807, 2.05) is 19.9 Å². The molecule has 1 amide bonds. The van der Waals surface area contributed by atoms with Crippen LogP contribution in [0.1, 0.15) is 49.1 Å². The smallest absolute Gasteiger partial charge is 0.295 e. The van der Waals surface area contributed by atoms with Gasteiger partial charge in [0.1, 0.15) is 11.5 Å². The molecule has 37 heavy (non-hydrogen) atoms. The highest BCUT2D eigenvalue weighted by Crippen LogP contribution is 2.43. The van der Waals surface area contributed by atoms with E-state index in [1.165, 1.54) is 11.0 Å². The second kappa shape index (κ2) is 10.7. The Kier molecular flexibility index (Phi) is 7.47. The molecule has 4 rings (SSSR count). The third-order valence-corrected chi connectivity index (χ3v) is 6.04. The topological polar surface area (TPSA) is 109 Å². The second-order valence-electron chi connectivity index (χ2n) is 9.09. The van der Waals surface area contributed by atoms with Gasteiger partial charge in [-0.1, -0.05) is 12.1 Å². The van der Waals surface area contributed by atoms with E-state index in [1.54, 1.807) is 62.6 Å². The van der Waals surface area contributed by atoms with Crippen LogP contribution in [-0.4, -0.2) is 44.5 Å². The molecule has 1 aliphatic heterocycles. The van der Waals surface area contributed by atoms with Gasteiger partial charge in [0.25, 0.3) is 11.7 Å². The number of ketones is 1. The predicted octanol–water partition coefficient (Wildman–Crippen LogP) is 4.90. The molecule has 8 heteroatoms. The van der Waals surface area contributed by atoms with Crippen LogP contribution in [0.2, 0.25) is 0 Å². The minimum atomic E-state index is -0.911. The van der Waals surface area contributed by atoms with Gasteiger partial charge in [0.15, 0.2) is 11.5 Å². The average Bonchev–Trinajstić information content (AvgIpc) is 3.10. The summed E-state index contributed by atoms with van der Waals surface area (Å²) in [4.78, 5) is 32.2. The zero-order valence-electron chi connectivity index (χ0n) is 21.3. The fourth-order valence-electron chi connectivity index (χ4n) is 4.44. The number of aromatic nitrogens is 1. The molecule has 1 aromatic heterocycles. The van der Waals surface area contributed by atoms with Crippen molar-refractivity contribution in [2.45, 2.75) is 46.4 Å². The summed E-state index contributed by atoms with van der Waals surface area (Å²) >= 11 is 0. The first-order valence-electron chi connectivity index (χ1n) is 12.1. The van der Waals surface area contributed by atoms with Gasteiger partial charge in [-0.25, -0.2) is 0 Å². The van der Waals surface area contributed by atoms with E-state index < -0.39 is 17.7 Å². The number of nitrogens with zero attached hydrogens (tertiary/aromatic N) is 2. The van der Waals surface area contributed by atoms with Gasteiger partial charge in [-0.3, -0.25) is 14.6 Å². The third-order valence-electron chi connectivity index (χ3n) is 6.04. The number of hydrogen-bond acceptors (Lipinski definition) is 7. The second-order valence-corrected chi connectivity index (χ2v) is 9.09. The Balaban J connectivity index is 1.87. The summed E-state index contributed by atoms with van der Waals surface area (Å²) in [6, 6.07) is 12.5. The lowest BCUT2D eigenvalue weighted by molar-refractivity contribution is -0.140. The summed E-state index contributed by atoms with van der Waals surface area (Å²) in [6.07, 6.45) is 3.22. The summed E-state index contributed by atoms with van der Waals surface area (Å²) in [5, 5.41) is 21.7. The maximum atomic E-state index is 13.4. The largest absolute Gasteiger partial charge is 0.507 e. The molecule has 2 aromatic carbocycles. The number of aryl methyl sites for hydroxylation is 1. The quantitative estimate of drug-likeness (QED) is 0.256. The van der Waals surface area contributed by atoms with Crippen molar-refractivity contribution in [1.82, 2.24) is 9.88 Å². The van der Waals surface area contributed by atoms with Gasteiger partial charge in [0.2, 0.25) is 0 Å². The van der Waals surface area contributed by atoms with E-state index >= 15 is 0 Å². The number of rotatable bonds is 8. The number of aliphatic hydroxyl groups excluding tert-OH is 1. The maximum Gasteiger partial charge on any atom is 0.295 e. The average molecular weight is 503 g/mol. The Labute approximate surface area is 215 Å². The van der Waals surface area contributed by atoms with Gasteiger partial charge in [0.05, 0.1) is 24.3 Å². The summed E-state index contributed by atoms with van der Waals surface area (Å²) in [5.41, 5.74) is 2.31. The van der Waals surface area contributed by atoms with Crippen LogP contribution in [0.3, 0.4) is 0 Å². The van der Waals surface area contributed by atoms with E-state index in [0.717, 1.165) is 5.56 Å². The number of ether oxygens (including phenoxy) is 2. The van der Waals surface area contributed by atoms with Crippen molar-refractivity contribution in [3.63, 3.8) is 0 Å². The van der Waals surface area contributed by atoms with E-state index in [0.29, 0.717) is 29.0 Å². The molecule has 1 fully saturated rings. The maximum absolute atomic E-state index is 13.4. The number of hydrogen-bond donors (Lipinski definition) is 2. The van der Waals surface area contributed by atoms with Crippen molar-refractivity contribution in [3.05, 3.63) is 88.8 Å². The molecule has 1 unspecified atom stereocenters. The normalized spacial score (nSPS) is 16.9. The summed E-state index contributed by atoms with van der Waals surface area (Å²) in [5.74, 6) is -1.02. The van der Waals surface area contributed by atoms with Crippen LogP contribution in [0.25, 0.3) is 5.76 Å². The van der Waals surface area contributed by atoms with Crippen LogP contribution in [0, 0.1) is 6.92 Å². The van der Waals surface area contributed by atoms with E-state index in [-0.39, 0.29) is 35.5 Å². The Morgan fingerprint density at radius 3 is 2.57 bits per heavy atom. The number of likely N-dealkylation sites (tertiary alicyclic amines) is 1. The number of pyridine rings is 1. The van der Waals surface area contributed by atoms with Crippen molar-refractivity contribution in [3.8, 4) is 17.2 Å². The predicted molar refractivity (Wildman–Crippen MR) is 138 cm³/mol. The number of phenolic OH excluding ortho intramolecular Hbond substituents is 1. The molecular weight excluding hydrogens is 472 g/mol. The number of Topliss-reactive ketones (excluding diaryl/α,β-unsaturated/α-hetero) is 1. The van der Waals surface area contributed by atoms with Crippen LogP contribution in [0.15, 0.2) is 66.5 Å². The van der Waals surface area contributed by atoms with Crippen LogP contribution in [0.4, 0.5) is 0 Å². The monoisotopic (exact) mass is 502 g/mol. The molecule has 8 nitrogen and oxygen atoms in total. The number of amides is 1. The van der Waals surface area contributed by atoms with Gasteiger partial charge in [-0.2, -0.15) is 0 Å². The van der Waals surface area contributed by atoms with Crippen LogP contribution in [-0.2, 0) is 16.1 Å². The number of benzene rings is 2. The third kappa shape index (κ3) is 5.28. The molecule has 0 bridgehead atoms. The lowest BCUT2D eigenvalue weighted by Gasteiger charge is -2.26. The molecule has 0 aliphatic carbocycles. The zero-order valence-corrected chi connectivity index (χ0v) is 21.3. The Bertz CT molecular complexity index is 1350. The molecule has 1 atom stereocenters. The Hall–Kier alpha value is -4.33. The molecular formula is C29H30N2O6. The first kappa shape index (κ1) is 25.8.